The first-order valence-corrected chi connectivity index (χ1v) is 6.43. The molecule has 5 heteroatoms. The number of hydrogen-bond donors (Lipinski definition) is 3. The van der Waals surface area contributed by atoms with Gasteiger partial charge in [-0.05, 0) is 30.2 Å². The molecule has 0 aliphatic carbocycles. The molecule has 0 spiro atoms. The number of aryl methyl sites for hydroxylation is 1. The number of aliphatic hydroxyl groups is 1. The van der Waals surface area contributed by atoms with Gasteiger partial charge >= 0.3 is 0 Å². The Balaban J connectivity index is 2.20. The normalized spacial score (nSPS) is 11.7. The smallest absolute Gasteiger partial charge is 0.257 e. The maximum Gasteiger partial charge on any atom is 0.257 e. The highest BCUT2D eigenvalue weighted by Crippen LogP contribution is 2.20. The Labute approximate surface area is 122 Å². The lowest BCUT2D eigenvalue weighted by Gasteiger charge is -2.14. The number of benzene rings is 2. The highest BCUT2D eigenvalue weighted by Gasteiger charge is 2.18. The van der Waals surface area contributed by atoms with Gasteiger partial charge in [0, 0.05) is 11.3 Å². The van der Waals surface area contributed by atoms with Crippen LogP contribution in [0.5, 0.6) is 0 Å². The number of hydrogen-bond acceptors (Lipinski definition) is 3. The molecule has 2 amide bonds. The maximum absolute atomic E-state index is 12.1. The lowest BCUT2D eigenvalue weighted by molar-refractivity contribution is -0.124. The Morgan fingerprint density at radius 3 is 2.43 bits per heavy atom. The summed E-state index contributed by atoms with van der Waals surface area (Å²) in [5.74, 6) is -1.14. The fourth-order valence-corrected chi connectivity index (χ4v) is 1.90. The molecule has 0 saturated heterocycles. The first-order valence-electron chi connectivity index (χ1n) is 6.43. The van der Waals surface area contributed by atoms with Crippen molar-refractivity contribution in [2.24, 2.45) is 5.73 Å². The molecular weight excluding hydrogens is 268 g/mol. The third-order valence-corrected chi connectivity index (χ3v) is 3.14. The van der Waals surface area contributed by atoms with Gasteiger partial charge in [0.1, 0.15) is 0 Å². The molecule has 0 radical (unpaired) electrons. The first-order chi connectivity index (χ1) is 9.99. The number of carbonyl (C=O) groups is 2. The fraction of sp³-hybridized carbons (Fsp3) is 0.125. The topological polar surface area (TPSA) is 92.4 Å². The summed E-state index contributed by atoms with van der Waals surface area (Å²) < 4.78 is 0. The molecule has 1 unspecified atom stereocenters. The molecule has 5 nitrogen and oxygen atoms in total. The fourth-order valence-electron chi connectivity index (χ4n) is 1.90. The predicted octanol–water partition coefficient (Wildman–Crippen LogP) is 1.77. The van der Waals surface area contributed by atoms with Crippen LogP contribution < -0.4 is 11.1 Å². The summed E-state index contributed by atoms with van der Waals surface area (Å²) in [7, 11) is 0. The number of nitrogens with two attached hydrogens (primary N) is 1. The van der Waals surface area contributed by atoms with Gasteiger partial charge in [-0.1, -0.05) is 36.4 Å². The van der Waals surface area contributed by atoms with Crippen molar-refractivity contribution in [3.8, 4) is 0 Å². The van der Waals surface area contributed by atoms with Crippen LogP contribution in [0.3, 0.4) is 0 Å². The predicted molar refractivity (Wildman–Crippen MR) is 79.7 cm³/mol. The minimum absolute atomic E-state index is 0.296. The van der Waals surface area contributed by atoms with Crippen molar-refractivity contribution < 1.29 is 14.7 Å². The number of anilines is 1. The van der Waals surface area contributed by atoms with Crippen LogP contribution in [0.15, 0.2) is 48.5 Å². The minimum atomic E-state index is -1.28. The Kier molecular flexibility index (Phi) is 4.35. The van der Waals surface area contributed by atoms with Crippen molar-refractivity contribution >= 4 is 17.5 Å². The van der Waals surface area contributed by atoms with Crippen LogP contribution in [0, 0.1) is 6.92 Å². The quantitative estimate of drug-likeness (QED) is 0.798. The molecule has 0 saturated carbocycles. The van der Waals surface area contributed by atoms with Crippen LogP contribution in [-0.2, 0) is 4.79 Å². The third kappa shape index (κ3) is 3.46. The van der Waals surface area contributed by atoms with Gasteiger partial charge in [-0.3, -0.25) is 9.59 Å². The summed E-state index contributed by atoms with van der Waals surface area (Å²) in [6.07, 6.45) is -1.28. The second-order valence-corrected chi connectivity index (χ2v) is 4.70. The first kappa shape index (κ1) is 14.7. The summed E-state index contributed by atoms with van der Waals surface area (Å²) in [6, 6.07) is 13.4. The summed E-state index contributed by atoms with van der Waals surface area (Å²) in [5, 5.41) is 12.6. The largest absolute Gasteiger partial charge is 0.378 e. The van der Waals surface area contributed by atoms with E-state index in [1.807, 2.05) is 0 Å². The summed E-state index contributed by atoms with van der Waals surface area (Å²) in [4.78, 5) is 23.2. The van der Waals surface area contributed by atoms with E-state index >= 15 is 0 Å². The van der Waals surface area contributed by atoms with E-state index in [2.05, 4.69) is 5.32 Å². The van der Waals surface area contributed by atoms with Gasteiger partial charge in [0.25, 0.3) is 5.91 Å². The van der Waals surface area contributed by atoms with E-state index in [1.165, 1.54) is 6.07 Å². The lowest BCUT2D eigenvalue weighted by Crippen LogP contribution is -2.21. The molecule has 108 valence electrons. The van der Waals surface area contributed by atoms with Gasteiger partial charge in [0.2, 0.25) is 5.91 Å². The zero-order chi connectivity index (χ0) is 15.4. The van der Waals surface area contributed by atoms with E-state index in [0.29, 0.717) is 16.8 Å². The molecule has 0 bridgehead atoms. The van der Waals surface area contributed by atoms with E-state index < -0.39 is 17.9 Å². The Morgan fingerprint density at radius 2 is 1.81 bits per heavy atom. The van der Waals surface area contributed by atoms with Crippen LogP contribution in [0.25, 0.3) is 0 Å². The number of carbonyl (C=O) groups excluding carboxylic acids is 2. The molecule has 0 aromatic heterocycles. The van der Waals surface area contributed by atoms with Crippen molar-refractivity contribution in [1.82, 2.24) is 0 Å². The van der Waals surface area contributed by atoms with Crippen LogP contribution >= 0.6 is 0 Å². The monoisotopic (exact) mass is 284 g/mol. The molecule has 0 aliphatic heterocycles. The highest BCUT2D eigenvalue weighted by atomic mass is 16.3. The lowest BCUT2D eigenvalue weighted by atomic mass is 10.1. The van der Waals surface area contributed by atoms with Crippen LogP contribution in [0.2, 0.25) is 0 Å². The van der Waals surface area contributed by atoms with Crippen molar-refractivity contribution in [2.75, 3.05) is 5.32 Å². The average Bonchev–Trinajstić information content (AvgIpc) is 2.49. The third-order valence-electron chi connectivity index (χ3n) is 3.14. The van der Waals surface area contributed by atoms with E-state index in [0.717, 1.165) is 5.56 Å². The van der Waals surface area contributed by atoms with Crippen LogP contribution in [0.4, 0.5) is 5.69 Å². The summed E-state index contributed by atoms with van der Waals surface area (Å²) >= 11 is 0. The number of primary amides is 1. The number of nitrogens with one attached hydrogen (secondary N) is 1. The van der Waals surface area contributed by atoms with Crippen molar-refractivity contribution in [3.05, 3.63) is 65.2 Å². The van der Waals surface area contributed by atoms with Gasteiger partial charge in [-0.2, -0.15) is 0 Å². The van der Waals surface area contributed by atoms with Gasteiger partial charge < -0.3 is 16.2 Å². The van der Waals surface area contributed by atoms with E-state index in [4.69, 9.17) is 5.73 Å². The van der Waals surface area contributed by atoms with Crippen molar-refractivity contribution in [2.45, 2.75) is 13.0 Å². The number of amides is 2. The van der Waals surface area contributed by atoms with Crippen molar-refractivity contribution in [1.29, 1.82) is 0 Å². The molecule has 4 N–H and O–H groups in total. The van der Waals surface area contributed by atoms with Gasteiger partial charge in [0.15, 0.2) is 6.10 Å². The van der Waals surface area contributed by atoms with E-state index in [-0.39, 0.29) is 0 Å². The molecule has 2 aromatic rings. The SMILES string of the molecule is Cc1ccc(C(N)=O)cc1NC(=O)C(O)c1ccccc1. The van der Waals surface area contributed by atoms with Crippen LogP contribution in [0.1, 0.15) is 27.6 Å². The average molecular weight is 284 g/mol. The molecule has 0 aliphatic rings. The molecule has 21 heavy (non-hydrogen) atoms. The van der Waals surface area contributed by atoms with E-state index in [9.17, 15) is 14.7 Å². The Bertz CT molecular complexity index is 668. The molecule has 0 heterocycles. The summed E-state index contributed by atoms with van der Waals surface area (Å²) in [5.41, 5.74) is 7.23. The van der Waals surface area contributed by atoms with Crippen LogP contribution in [-0.4, -0.2) is 16.9 Å². The molecule has 0 fully saturated rings. The second kappa shape index (κ2) is 6.19. The van der Waals surface area contributed by atoms with E-state index in [1.54, 1.807) is 49.4 Å². The molecule has 2 rings (SSSR count). The number of aliphatic hydroxyl groups excluding tert-OH is 1. The molecule has 1 atom stereocenters. The zero-order valence-corrected chi connectivity index (χ0v) is 11.5. The Hall–Kier alpha value is -2.66. The standard InChI is InChI=1S/C16H16N2O3/c1-10-7-8-12(15(17)20)9-13(10)18-16(21)14(19)11-5-3-2-4-6-11/h2-9,14,19H,1H3,(H2,17,20)(H,18,21). The number of rotatable bonds is 4. The van der Waals surface area contributed by atoms with Gasteiger partial charge in [-0.25, -0.2) is 0 Å². The maximum atomic E-state index is 12.1. The zero-order valence-electron chi connectivity index (χ0n) is 11.5. The second-order valence-electron chi connectivity index (χ2n) is 4.70. The summed E-state index contributed by atoms with van der Waals surface area (Å²) in [6.45, 7) is 1.79. The van der Waals surface area contributed by atoms with Crippen molar-refractivity contribution in [3.63, 3.8) is 0 Å². The highest BCUT2D eigenvalue weighted by molar-refractivity contribution is 5.98. The minimum Gasteiger partial charge on any atom is -0.378 e. The van der Waals surface area contributed by atoms with Gasteiger partial charge in [-0.15, -0.1) is 0 Å². The Morgan fingerprint density at radius 1 is 1.14 bits per heavy atom. The molecule has 2 aromatic carbocycles. The van der Waals surface area contributed by atoms with Gasteiger partial charge in [0.05, 0.1) is 0 Å². The molecular formula is C16H16N2O3.